The first-order valence-electron chi connectivity index (χ1n) is 7.97. The van der Waals surface area contributed by atoms with Crippen LogP contribution in [-0.2, 0) is 13.5 Å². The van der Waals surface area contributed by atoms with Crippen LogP contribution in [-0.4, -0.2) is 33.5 Å². The van der Waals surface area contributed by atoms with Gasteiger partial charge in [-0.05, 0) is 30.2 Å². The topological polar surface area (TPSA) is 85.8 Å². The highest BCUT2D eigenvalue weighted by Gasteiger charge is 2.18. The third-order valence-corrected chi connectivity index (χ3v) is 5.09. The van der Waals surface area contributed by atoms with Gasteiger partial charge in [-0.1, -0.05) is 16.8 Å². The van der Waals surface area contributed by atoms with E-state index in [1.165, 1.54) is 28.2 Å². The number of hydrogen-bond donors (Lipinski definition) is 2. The van der Waals surface area contributed by atoms with Gasteiger partial charge in [0.2, 0.25) is 0 Å². The SMILES string of the molecule is Cn1nnc(Cl)c1-c1csc(C(=O)NC(CN)Cc2cc(F)cc(F)c2)c1. The molecule has 0 radical (unpaired) electrons. The molecule has 3 N–H and O–H groups in total. The minimum atomic E-state index is -0.670. The molecule has 3 rings (SSSR count). The second kappa shape index (κ2) is 8.12. The summed E-state index contributed by atoms with van der Waals surface area (Å²) in [6, 6.07) is 4.45. The minimum Gasteiger partial charge on any atom is -0.347 e. The van der Waals surface area contributed by atoms with Crippen molar-refractivity contribution in [3.8, 4) is 11.3 Å². The molecule has 2 heterocycles. The van der Waals surface area contributed by atoms with Crippen LogP contribution >= 0.6 is 22.9 Å². The standard InChI is InChI=1S/C17H16ClF2N5OS/c1-25-15(16(18)23-24-25)10-5-14(27-8-10)17(26)22-13(7-21)4-9-2-11(19)6-12(20)3-9/h2-3,5-6,8,13H,4,7,21H2,1H3,(H,22,26). The van der Waals surface area contributed by atoms with Crippen LogP contribution in [0.2, 0.25) is 5.15 Å². The molecule has 3 aromatic rings. The maximum absolute atomic E-state index is 13.3. The Hall–Kier alpha value is -2.36. The lowest BCUT2D eigenvalue weighted by atomic mass is 10.1. The maximum atomic E-state index is 13.3. The number of carbonyl (C=O) groups is 1. The summed E-state index contributed by atoms with van der Waals surface area (Å²) in [5, 5.41) is 12.4. The molecule has 1 atom stereocenters. The molecule has 0 bridgehead atoms. The Kier molecular flexibility index (Phi) is 5.83. The molecule has 1 amide bonds. The van der Waals surface area contributed by atoms with Crippen molar-refractivity contribution in [2.45, 2.75) is 12.5 Å². The first-order chi connectivity index (χ1) is 12.9. The fourth-order valence-electron chi connectivity index (χ4n) is 2.68. The molecule has 0 saturated carbocycles. The molecular formula is C17H16ClF2N5OS. The molecule has 1 unspecified atom stereocenters. The Morgan fingerprint density at radius 2 is 2.04 bits per heavy atom. The van der Waals surface area contributed by atoms with Gasteiger partial charge in [-0.25, -0.2) is 13.5 Å². The Balaban J connectivity index is 1.72. The van der Waals surface area contributed by atoms with Crippen LogP contribution in [0.1, 0.15) is 15.2 Å². The summed E-state index contributed by atoms with van der Waals surface area (Å²) >= 11 is 7.26. The summed E-state index contributed by atoms with van der Waals surface area (Å²) in [5.41, 5.74) is 7.46. The molecule has 0 spiro atoms. The monoisotopic (exact) mass is 411 g/mol. The Labute approximate surface area is 162 Å². The van der Waals surface area contributed by atoms with Gasteiger partial charge in [0.25, 0.3) is 5.91 Å². The van der Waals surface area contributed by atoms with Crippen LogP contribution in [0.5, 0.6) is 0 Å². The lowest BCUT2D eigenvalue weighted by Crippen LogP contribution is -2.41. The van der Waals surface area contributed by atoms with Crippen LogP contribution in [0.25, 0.3) is 11.3 Å². The fraction of sp³-hybridized carbons (Fsp3) is 0.235. The van der Waals surface area contributed by atoms with Gasteiger partial charge >= 0.3 is 0 Å². The van der Waals surface area contributed by atoms with E-state index in [-0.39, 0.29) is 24.0 Å². The van der Waals surface area contributed by atoms with E-state index in [0.29, 0.717) is 16.1 Å². The number of halogens is 3. The summed E-state index contributed by atoms with van der Waals surface area (Å²) < 4.78 is 28.2. The van der Waals surface area contributed by atoms with E-state index in [4.69, 9.17) is 17.3 Å². The molecule has 0 saturated heterocycles. The van der Waals surface area contributed by atoms with Gasteiger partial charge in [0.1, 0.15) is 17.3 Å². The van der Waals surface area contributed by atoms with Gasteiger partial charge < -0.3 is 11.1 Å². The van der Waals surface area contributed by atoms with Crippen molar-refractivity contribution in [3.63, 3.8) is 0 Å². The molecule has 0 fully saturated rings. The van der Waals surface area contributed by atoms with Crippen molar-refractivity contribution in [2.75, 3.05) is 6.54 Å². The van der Waals surface area contributed by atoms with Crippen LogP contribution < -0.4 is 11.1 Å². The van der Waals surface area contributed by atoms with Gasteiger partial charge in [-0.2, -0.15) is 0 Å². The van der Waals surface area contributed by atoms with Gasteiger partial charge in [0.05, 0.1) is 4.88 Å². The Bertz CT molecular complexity index is 934. The summed E-state index contributed by atoms with van der Waals surface area (Å²) in [7, 11) is 1.70. The average molecular weight is 412 g/mol. The van der Waals surface area contributed by atoms with Crippen molar-refractivity contribution < 1.29 is 13.6 Å². The molecule has 0 aliphatic heterocycles. The van der Waals surface area contributed by atoms with Crippen LogP contribution in [0.15, 0.2) is 29.6 Å². The Morgan fingerprint density at radius 1 is 1.33 bits per heavy atom. The number of thiophene rings is 1. The van der Waals surface area contributed by atoms with Crippen molar-refractivity contribution >= 4 is 28.8 Å². The lowest BCUT2D eigenvalue weighted by molar-refractivity contribution is 0.0942. The van der Waals surface area contributed by atoms with Crippen LogP contribution in [0, 0.1) is 11.6 Å². The molecule has 27 heavy (non-hydrogen) atoms. The number of nitrogens with two attached hydrogens (primary N) is 1. The third-order valence-electron chi connectivity index (χ3n) is 3.91. The molecule has 6 nitrogen and oxygen atoms in total. The molecule has 2 aromatic heterocycles. The molecule has 10 heteroatoms. The van der Waals surface area contributed by atoms with Crippen LogP contribution in [0.3, 0.4) is 0 Å². The first kappa shape index (κ1) is 19.4. The smallest absolute Gasteiger partial charge is 0.261 e. The number of aryl methyl sites for hydroxylation is 1. The van der Waals surface area contributed by atoms with E-state index in [2.05, 4.69) is 15.6 Å². The van der Waals surface area contributed by atoms with Crippen molar-refractivity contribution in [1.29, 1.82) is 0 Å². The first-order valence-corrected chi connectivity index (χ1v) is 9.23. The molecule has 1 aromatic carbocycles. The predicted molar refractivity (Wildman–Crippen MR) is 99.7 cm³/mol. The normalized spacial score (nSPS) is 12.2. The van der Waals surface area contributed by atoms with Crippen molar-refractivity contribution in [1.82, 2.24) is 20.3 Å². The van der Waals surface area contributed by atoms with E-state index in [1.807, 2.05) is 0 Å². The van der Waals surface area contributed by atoms with Gasteiger partial charge in [0, 0.05) is 36.6 Å². The largest absolute Gasteiger partial charge is 0.347 e. The number of carbonyl (C=O) groups excluding carboxylic acids is 1. The van der Waals surface area contributed by atoms with Gasteiger partial charge in [-0.15, -0.1) is 16.4 Å². The number of aromatic nitrogens is 3. The Morgan fingerprint density at radius 3 is 2.63 bits per heavy atom. The average Bonchev–Trinajstić information content (AvgIpc) is 3.20. The van der Waals surface area contributed by atoms with E-state index in [9.17, 15) is 13.6 Å². The quantitative estimate of drug-likeness (QED) is 0.653. The highest BCUT2D eigenvalue weighted by molar-refractivity contribution is 7.12. The second-order valence-corrected chi connectivity index (χ2v) is 7.21. The van der Waals surface area contributed by atoms with E-state index < -0.39 is 17.7 Å². The number of rotatable bonds is 6. The number of amides is 1. The van der Waals surface area contributed by atoms with Gasteiger partial charge in [0.15, 0.2) is 5.15 Å². The summed E-state index contributed by atoms with van der Waals surface area (Å²) in [6.45, 7) is 0.125. The minimum absolute atomic E-state index is 0.125. The number of nitrogens with zero attached hydrogens (tertiary/aromatic N) is 3. The zero-order valence-electron chi connectivity index (χ0n) is 14.2. The molecule has 142 valence electrons. The highest BCUT2D eigenvalue weighted by Crippen LogP contribution is 2.29. The maximum Gasteiger partial charge on any atom is 0.261 e. The number of hydrogen-bond acceptors (Lipinski definition) is 5. The predicted octanol–water partition coefficient (Wildman–Crippen LogP) is 2.78. The highest BCUT2D eigenvalue weighted by atomic mass is 35.5. The van der Waals surface area contributed by atoms with E-state index in [1.54, 1.807) is 18.5 Å². The lowest BCUT2D eigenvalue weighted by Gasteiger charge is -2.16. The number of nitrogens with one attached hydrogen (secondary N) is 1. The number of benzene rings is 1. The summed E-state index contributed by atoms with van der Waals surface area (Å²) in [4.78, 5) is 13.0. The van der Waals surface area contributed by atoms with Crippen LogP contribution in [0.4, 0.5) is 8.78 Å². The second-order valence-electron chi connectivity index (χ2n) is 5.94. The third kappa shape index (κ3) is 4.49. The van der Waals surface area contributed by atoms with E-state index >= 15 is 0 Å². The van der Waals surface area contributed by atoms with Crippen molar-refractivity contribution in [2.24, 2.45) is 12.8 Å². The zero-order chi connectivity index (χ0) is 19.6. The summed E-state index contributed by atoms with van der Waals surface area (Å²) in [6.07, 6.45) is 0.215. The zero-order valence-corrected chi connectivity index (χ0v) is 15.8. The van der Waals surface area contributed by atoms with E-state index in [0.717, 1.165) is 11.6 Å². The van der Waals surface area contributed by atoms with Crippen molar-refractivity contribution in [3.05, 3.63) is 56.9 Å². The molecule has 0 aliphatic rings. The van der Waals surface area contributed by atoms with Gasteiger partial charge in [-0.3, -0.25) is 4.79 Å². The molecule has 0 aliphatic carbocycles. The summed E-state index contributed by atoms with van der Waals surface area (Å²) in [5.74, 6) is -1.67. The molecular weight excluding hydrogens is 396 g/mol. The fourth-order valence-corrected chi connectivity index (χ4v) is 3.74.